The van der Waals surface area contributed by atoms with Crippen molar-refractivity contribution >= 4 is 5.97 Å². The Labute approximate surface area is 108 Å². The van der Waals surface area contributed by atoms with E-state index in [-0.39, 0.29) is 11.1 Å². The van der Waals surface area contributed by atoms with Crippen LogP contribution in [-0.4, -0.2) is 27.7 Å². The third-order valence-electron chi connectivity index (χ3n) is 2.36. The summed E-state index contributed by atoms with van der Waals surface area (Å²) >= 11 is 0. The smallest absolute Gasteiger partial charge is 0.382 e. The van der Waals surface area contributed by atoms with E-state index in [0.29, 0.717) is 0 Å². The minimum absolute atomic E-state index is 0.0357. The van der Waals surface area contributed by atoms with Crippen LogP contribution in [0.1, 0.15) is 16.2 Å². The zero-order valence-corrected chi connectivity index (χ0v) is 9.56. The van der Waals surface area contributed by atoms with E-state index in [9.17, 15) is 22.4 Å². The molecule has 0 aliphatic rings. The Morgan fingerprint density at radius 1 is 1.20 bits per heavy atom. The van der Waals surface area contributed by atoms with Crippen molar-refractivity contribution in [3.8, 4) is 11.5 Å². The molecule has 1 heterocycles. The molecular formula is C11H6F4N2O3. The van der Waals surface area contributed by atoms with Gasteiger partial charge in [0.15, 0.2) is 0 Å². The first-order valence-electron chi connectivity index (χ1n) is 5.16. The first-order valence-corrected chi connectivity index (χ1v) is 5.16. The van der Waals surface area contributed by atoms with Crippen LogP contribution >= 0.6 is 0 Å². The molecule has 1 N–H and O–H groups in total. The van der Waals surface area contributed by atoms with E-state index >= 15 is 0 Å². The number of carbonyl (C=O) groups is 1. The number of aromatic carboxylic acids is 1. The summed E-state index contributed by atoms with van der Waals surface area (Å²) in [7, 11) is 0. The minimum Gasteiger partial charge on any atom is -0.478 e. The van der Waals surface area contributed by atoms with E-state index in [1.165, 1.54) is 24.3 Å². The molecule has 0 bridgehead atoms. The van der Waals surface area contributed by atoms with Crippen molar-refractivity contribution in [3.05, 3.63) is 35.7 Å². The lowest BCUT2D eigenvalue weighted by molar-refractivity contribution is -0.150. The highest BCUT2D eigenvalue weighted by Gasteiger charge is 2.48. The number of nitrogens with zero attached hydrogens (tertiary/aromatic N) is 2. The van der Waals surface area contributed by atoms with Crippen LogP contribution in [0.2, 0.25) is 0 Å². The molecule has 2 aromatic rings. The molecule has 0 spiro atoms. The maximum atomic E-state index is 13.0. The lowest BCUT2D eigenvalue weighted by atomic mass is 10.1. The molecule has 106 valence electrons. The van der Waals surface area contributed by atoms with E-state index < -0.39 is 30.1 Å². The van der Waals surface area contributed by atoms with Crippen LogP contribution in [0.25, 0.3) is 11.5 Å². The quantitative estimate of drug-likeness (QED) is 0.876. The normalized spacial score (nSPS) is 11.8. The standard InChI is InChI=1S/C11H6F4N2O3/c12-9(13)11(14,15)10-17-16-7(20-10)5-1-3-6(4-2-5)8(18)19/h1-4,9H,(H,18,19). The Balaban J connectivity index is 2.31. The fraction of sp³-hybridized carbons (Fsp3) is 0.182. The van der Waals surface area contributed by atoms with Crippen molar-refractivity contribution in [2.75, 3.05) is 0 Å². The monoisotopic (exact) mass is 290 g/mol. The van der Waals surface area contributed by atoms with Crippen LogP contribution < -0.4 is 0 Å². The van der Waals surface area contributed by atoms with Crippen LogP contribution in [0.3, 0.4) is 0 Å². The van der Waals surface area contributed by atoms with Crippen molar-refractivity contribution in [3.63, 3.8) is 0 Å². The van der Waals surface area contributed by atoms with Crippen molar-refractivity contribution in [1.82, 2.24) is 10.2 Å². The summed E-state index contributed by atoms with van der Waals surface area (Å²) in [4.78, 5) is 10.6. The molecule has 0 atom stereocenters. The van der Waals surface area contributed by atoms with Gasteiger partial charge in [-0.2, -0.15) is 8.78 Å². The molecule has 0 saturated heterocycles. The molecule has 1 aromatic heterocycles. The highest BCUT2D eigenvalue weighted by Crippen LogP contribution is 2.34. The molecule has 20 heavy (non-hydrogen) atoms. The summed E-state index contributed by atoms with van der Waals surface area (Å²) in [6.45, 7) is 0. The Morgan fingerprint density at radius 3 is 2.30 bits per heavy atom. The van der Waals surface area contributed by atoms with Crippen LogP contribution in [0.4, 0.5) is 17.6 Å². The second kappa shape index (κ2) is 4.91. The van der Waals surface area contributed by atoms with Crippen molar-refractivity contribution < 1.29 is 31.9 Å². The zero-order chi connectivity index (χ0) is 14.9. The average molecular weight is 290 g/mol. The molecule has 5 nitrogen and oxygen atoms in total. The molecule has 0 amide bonds. The van der Waals surface area contributed by atoms with Gasteiger partial charge in [0.05, 0.1) is 5.56 Å². The maximum absolute atomic E-state index is 13.0. The van der Waals surface area contributed by atoms with E-state index in [1.54, 1.807) is 0 Å². The molecule has 0 aliphatic carbocycles. The third-order valence-corrected chi connectivity index (χ3v) is 2.36. The third kappa shape index (κ3) is 2.46. The first kappa shape index (κ1) is 14.0. The summed E-state index contributed by atoms with van der Waals surface area (Å²) in [6, 6.07) is 4.85. The summed E-state index contributed by atoms with van der Waals surface area (Å²) in [6.07, 6.45) is -3.97. The SMILES string of the molecule is O=C(O)c1ccc(-c2nnc(C(F)(F)C(F)F)o2)cc1. The van der Waals surface area contributed by atoms with Crippen LogP contribution in [0.5, 0.6) is 0 Å². The van der Waals surface area contributed by atoms with Gasteiger partial charge >= 0.3 is 18.3 Å². The van der Waals surface area contributed by atoms with Gasteiger partial charge in [0, 0.05) is 5.56 Å². The van der Waals surface area contributed by atoms with Gasteiger partial charge in [-0.1, -0.05) is 0 Å². The van der Waals surface area contributed by atoms with Gasteiger partial charge in [0.2, 0.25) is 5.89 Å². The van der Waals surface area contributed by atoms with Crippen molar-refractivity contribution in [1.29, 1.82) is 0 Å². The molecular weight excluding hydrogens is 284 g/mol. The fourth-order valence-corrected chi connectivity index (χ4v) is 1.32. The van der Waals surface area contributed by atoms with Gasteiger partial charge < -0.3 is 9.52 Å². The van der Waals surface area contributed by atoms with Gasteiger partial charge in [-0.05, 0) is 24.3 Å². The van der Waals surface area contributed by atoms with E-state index in [0.717, 1.165) is 0 Å². The Bertz CT molecular complexity index is 625. The molecule has 0 saturated carbocycles. The van der Waals surface area contributed by atoms with Gasteiger partial charge in [-0.15, -0.1) is 10.2 Å². The molecule has 0 fully saturated rings. The number of aromatic nitrogens is 2. The number of benzene rings is 1. The van der Waals surface area contributed by atoms with E-state index in [1.807, 2.05) is 0 Å². The number of carboxylic acids is 1. The van der Waals surface area contributed by atoms with Gasteiger partial charge in [-0.25, -0.2) is 13.6 Å². The second-order valence-corrected chi connectivity index (χ2v) is 3.72. The fourth-order valence-electron chi connectivity index (χ4n) is 1.32. The predicted molar refractivity (Wildman–Crippen MR) is 56.6 cm³/mol. The highest BCUT2D eigenvalue weighted by atomic mass is 19.3. The number of hydrogen-bond acceptors (Lipinski definition) is 4. The Hall–Kier alpha value is -2.45. The van der Waals surface area contributed by atoms with Crippen molar-refractivity contribution in [2.45, 2.75) is 12.3 Å². The van der Waals surface area contributed by atoms with Crippen LogP contribution in [-0.2, 0) is 5.92 Å². The number of alkyl halides is 4. The molecule has 1 aromatic carbocycles. The molecule has 9 heteroatoms. The average Bonchev–Trinajstić information content (AvgIpc) is 2.88. The number of hydrogen-bond donors (Lipinski definition) is 1. The highest BCUT2D eigenvalue weighted by molar-refractivity contribution is 5.88. The van der Waals surface area contributed by atoms with Gasteiger partial charge in [0.1, 0.15) is 0 Å². The minimum atomic E-state index is -4.54. The second-order valence-electron chi connectivity index (χ2n) is 3.72. The predicted octanol–water partition coefficient (Wildman–Crippen LogP) is 2.79. The topological polar surface area (TPSA) is 76.2 Å². The Morgan fingerprint density at radius 2 is 1.80 bits per heavy atom. The summed E-state index contributed by atoms with van der Waals surface area (Å²) < 4.78 is 54.6. The molecule has 0 unspecified atom stereocenters. The molecule has 2 rings (SSSR count). The van der Waals surface area contributed by atoms with Crippen LogP contribution in [0, 0.1) is 0 Å². The lowest BCUT2D eigenvalue weighted by Crippen LogP contribution is -2.23. The lowest BCUT2D eigenvalue weighted by Gasteiger charge is -2.09. The summed E-state index contributed by atoms with van der Waals surface area (Å²) in [5.74, 6) is -7.61. The van der Waals surface area contributed by atoms with E-state index in [2.05, 4.69) is 14.6 Å². The van der Waals surface area contributed by atoms with Crippen LogP contribution in [0.15, 0.2) is 28.7 Å². The number of rotatable bonds is 4. The van der Waals surface area contributed by atoms with Crippen molar-refractivity contribution in [2.24, 2.45) is 0 Å². The first-order chi connectivity index (χ1) is 9.32. The largest absolute Gasteiger partial charge is 0.478 e. The maximum Gasteiger partial charge on any atom is 0.382 e. The number of carboxylic acid groups (broad SMARTS) is 1. The van der Waals surface area contributed by atoms with E-state index in [4.69, 9.17) is 5.11 Å². The Kier molecular flexibility index (Phi) is 3.43. The summed E-state index contributed by atoms with van der Waals surface area (Å²) in [5.41, 5.74) is 0.102. The number of halogens is 4. The summed E-state index contributed by atoms with van der Waals surface area (Å²) in [5, 5.41) is 14.8. The zero-order valence-electron chi connectivity index (χ0n) is 9.56. The molecule has 0 radical (unpaired) electrons. The van der Waals surface area contributed by atoms with Gasteiger partial charge in [0.25, 0.3) is 5.89 Å². The molecule has 0 aliphatic heterocycles. The van der Waals surface area contributed by atoms with Gasteiger partial charge in [-0.3, -0.25) is 0 Å².